The lowest BCUT2D eigenvalue weighted by molar-refractivity contribution is -0.148. The zero-order chi connectivity index (χ0) is 40.0. The standard InChI is InChI=1S/C40H67N5O8/c1-13-26(6)35(44(9)39(49)34(25(4)5)43-38(48)33(41-8)24(2)3)31(51-10)23-32(46)45-21-17-20-30(45)36(52-11)27(7)37(47)42-29(40(50)53-12)22-28-18-15-14-16-19-28/h14-16,18-19,24-27,29-31,33-36,41H,13,17,20-23H2,1-12H3,(H,42,47)(H,43,48)/t26?,27?,29?,30-,31+,33?,34-,35?,36?/m0/s1. The summed E-state index contributed by atoms with van der Waals surface area (Å²) in [6.45, 7) is 14.0. The number of hydrogen-bond donors (Lipinski definition) is 3. The van der Waals surface area contributed by atoms with E-state index in [-0.39, 0.29) is 60.3 Å². The molecule has 0 radical (unpaired) electrons. The Bertz CT molecular complexity index is 1330. The zero-order valence-corrected chi connectivity index (χ0v) is 34.1. The Kier molecular flexibility index (Phi) is 18.9. The van der Waals surface area contributed by atoms with Crippen LogP contribution in [-0.4, -0.2) is 124 Å². The van der Waals surface area contributed by atoms with Gasteiger partial charge in [0.25, 0.3) is 0 Å². The number of ether oxygens (including phenoxy) is 3. The van der Waals surface area contributed by atoms with Crippen LogP contribution < -0.4 is 16.0 Å². The summed E-state index contributed by atoms with van der Waals surface area (Å²) in [7, 11) is 7.81. The number of rotatable bonds is 21. The molecule has 1 fully saturated rings. The summed E-state index contributed by atoms with van der Waals surface area (Å²) in [6, 6.07) is 6.41. The van der Waals surface area contributed by atoms with Crippen molar-refractivity contribution in [2.45, 2.75) is 123 Å². The second-order valence-corrected chi connectivity index (χ2v) is 15.1. The number of benzene rings is 1. The van der Waals surface area contributed by atoms with Crippen molar-refractivity contribution in [1.82, 2.24) is 25.8 Å². The maximum absolute atomic E-state index is 14.2. The third-order valence-electron chi connectivity index (χ3n) is 10.8. The van der Waals surface area contributed by atoms with E-state index < -0.39 is 48.3 Å². The number of nitrogens with one attached hydrogen (secondary N) is 3. The van der Waals surface area contributed by atoms with Crippen LogP contribution in [-0.2, 0) is 44.6 Å². The molecule has 6 unspecified atom stereocenters. The number of likely N-dealkylation sites (tertiary alicyclic amines) is 1. The van der Waals surface area contributed by atoms with Crippen LogP contribution in [0.4, 0.5) is 0 Å². The highest BCUT2D eigenvalue weighted by molar-refractivity contribution is 5.90. The van der Waals surface area contributed by atoms with E-state index in [4.69, 9.17) is 14.2 Å². The maximum atomic E-state index is 14.2. The minimum atomic E-state index is -0.889. The molecule has 1 aromatic rings. The van der Waals surface area contributed by atoms with Gasteiger partial charge in [-0.2, -0.15) is 0 Å². The summed E-state index contributed by atoms with van der Waals surface area (Å²) >= 11 is 0. The lowest BCUT2D eigenvalue weighted by Crippen LogP contribution is -2.59. The van der Waals surface area contributed by atoms with Crippen LogP contribution >= 0.6 is 0 Å². The Balaban J connectivity index is 2.27. The number of likely N-dealkylation sites (N-methyl/N-ethyl adjacent to an activating group) is 2. The minimum Gasteiger partial charge on any atom is -0.467 e. The number of esters is 1. The first-order valence-corrected chi connectivity index (χ1v) is 19.1. The zero-order valence-electron chi connectivity index (χ0n) is 34.1. The van der Waals surface area contributed by atoms with Crippen molar-refractivity contribution in [1.29, 1.82) is 0 Å². The molecule has 0 aromatic heterocycles. The molecule has 3 N–H and O–H groups in total. The van der Waals surface area contributed by atoms with Gasteiger partial charge < -0.3 is 40.0 Å². The average molecular weight is 746 g/mol. The lowest BCUT2D eigenvalue weighted by Gasteiger charge is -2.41. The summed E-state index contributed by atoms with van der Waals surface area (Å²) in [4.78, 5) is 71.2. The number of methoxy groups -OCH3 is 3. The van der Waals surface area contributed by atoms with Crippen LogP contribution in [0.5, 0.6) is 0 Å². The van der Waals surface area contributed by atoms with E-state index in [0.717, 1.165) is 18.4 Å². The van der Waals surface area contributed by atoms with E-state index in [0.29, 0.717) is 13.0 Å². The van der Waals surface area contributed by atoms with Crippen LogP contribution in [0.15, 0.2) is 30.3 Å². The van der Waals surface area contributed by atoms with Gasteiger partial charge in [0.2, 0.25) is 23.6 Å². The molecule has 13 nitrogen and oxygen atoms in total. The molecular weight excluding hydrogens is 678 g/mol. The van der Waals surface area contributed by atoms with Crippen molar-refractivity contribution in [2.24, 2.45) is 23.7 Å². The van der Waals surface area contributed by atoms with Crippen molar-refractivity contribution >= 4 is 29.6 Å². The summed E-state index contributed by atoms with van der Waals surface area (Å²) in [5.41, 5.74) is 0.875. The van der Waals surface area contributed by atoms with E-state index >= 15 is 0 Å². The van der Waals surface area contributed by atoms with Crippen LogP contribution in [0.2, 0.25) is 0 Å². The normalized spacial score (nSPS) is 19.1. The molecule has 1 aliphatic heterocycles. The second kappa shape index (κ2) is 22.0. The SMILES string of the molecule is CCC(C)C([C@@H](CC(=O)N1CCC[C@H]1C(OC)C(C)C(=O)NC(Cc1ccccc1)C(=O)OC)OC)N(C)C(=O)[C@@H](NC(=O)C(NC)C(C)C)C(C)C. The molecule has 0 spiro atoms. The van der Waals surface area contributed by atoms with Gasteiger partial charge in [-0.15, -0.1) is 0 Å². The Morgan fingerprint density at radius 3 is 2.02 bits per heavy atom. The second-order valence-electron chi connectivity index (χ2n) is 15.1. The fourth-order valence-electron chi connectivity index (χ4n) is 7.54. The number of nitrogens with zero attached hydrogens (tertiary/aromatic N) is 2. The van der Waals surface area contributed by atoms with Gasteiger partial charge in [0.05, 0.1) is 49.8 Å². The summed E-state index contributed by atoms with van der Waals surface area (Å²) < 4.78 is 16.9. The molecule has 53 heavy (non-hydrogen) atoms. The van der Waals surface area contributed by atoms with Gasteiger partial charge in [-0.1, -0.05) is 85.2 Å². The lowest BCUT2D eigenvalue weighted by atomic mass is 9.89. The predicted molar refractivity (Wildman–Crippen MR) is 205 cm³/mol. The molecule has 13 heteroatoms. The Hall–Kier alpha value is -3.55. The number of hydrogen-bond acceptors (Lipinski definition) is 9. The molecule has 0 saturated carbocycles. The largest absolute Gasteiger partial charge is 0.467 e. The van der Waals surface area contributed by atoms with Gasteiger partial charge in [0.15, 0.2) is 0 Å². The van der Waals surface area contributed by atoms with Gasteiger partial charge >= 0.3 is 5.97 Å². The first-order valence-electron chi connectivity index (χ1n) is 19.1. The van der Waals surface area contributed by atoms with Gasteiger partial charge in [0, 0.05) is 34.2 Å². The van der Waals surface area contributed by atoms with E-state index in [1.807, 2.05) is 71.9 Å². The quantitative estimate of drug-likeness (QED) is 0.161. The fourth-order valence-corrected chi connectivity index (χ4v) is 7.54. The summed E-state index contributed by atoms with van der Waals surface area (Å²) in [6.07, 6.45) is 1.08. The molecule has 300 valence electrons. The van der Waals surface area contributed by atoms with Crippen LogP contribution in [0.3, 0.4) is 0 Å². The summed E-state index contributed by atoms with van der Waals surface area (Å²) in [5, 5.41) is 8.88. The van der Waals surface area contributed by atoms with Gasteiger partial charge in [-0.25, -0.2) is 4.79 Å². The van der Waals surface area contributed by atoms with Gasteiger partial charge in [-0.3, -0.25) is 19.2 Å². The summed E-state index contributed by atoms with van der Waals surface area (Å²) in [5.74, 6) is -2.47. The molecule has 4 amide bonds. The Labute approximate surface area is 317 Å². The van der Waals surface area contributed by atoms with Crippen LogP contribution in [0.25, 0.3) is 0 Å². The highest BCUT2D eigenvalue weighted by Gasteiger charge is 2.43. The van der Waals surface area contributed by atoms with Crippen molar-refractivity contribution in [3.05, 3.63) is 35.9 Å². The Morgan fingerprint density at radius 1 is 0.887 bits per heavy atom. The van der Waals surface area contributed by atoms with Crippen molar-refractivity contribution in [3.63, 3.8) is 0 Å². The highest BCUT2D eigenvalue weighted by Crippen LogP contribution is 2.30. The monoisotopic (exact) mass is 745 g/mol. The van der Waals surface area contributed by atoms with Crippen LogP contribution in [0.1, 0.15) is 79.7 Å². The number of carbonyl (C=O) groups is 5. The van der Waals surface area contributed by atoms with Crippen molar-refractivity contribution in [2.75, 3.05) is 42.0 Å². The number of amides is 4. The fraction of sp³-hybridized carbons (Fsp3) is 0.725. The smallest absolute Gasteiger partial charge is 0.328 e. The third-order valence-corrected chi connectivity index (χ3v) is 10.8. The molecule has 1 aliphatic rings. The highest BCUT2D eigenvalue weighted by atomic mass is 16.5. The van der Waals surface area contributed by atoms with E-state index in [2.05, 4.69) is 16.0 Å². The molecule has 1 saturated heterocycles. The van der Waals surface area contributed by atoms with Gasteiger partial charge in [0.1, 0.15) is 12.1 Å². The van der Waals surface area contributed by atoms with E-state index in [1.165, 1.54) is 14.2 Å². The molecule has 2 rings (SSSR count). The predicted octanol–water partition coefficient (Wildman–Crippen LogP) is 3.19. The number of carbonyl (C=O) groups excluding carboxylic acids is 5. The van der Waals surface area contributed by atoms with Gasteiger partial charge in [-0.05, 0) is 43.2 Å². The molecule has 1 heterocycles. The molecular formula is C40H67N5O8. The molecule has 9 atom stereocenters. The minimum absolute atomic E-state index is 0.00596. The maximum Gasteiger partial charge on any atom is 0.328 e. The first-order chi connectivity index (χ1) is 25.1. The van der Waals surface area contributed by atoms with Crippen molar-refractivity contribution < 1.29 is 38.2 Å². The molecule has 0 bridgehead atoms. The first kappa shape index (κ1) is 45.6. The third kappa shape index (κ3) is 12.2. The van der Waals surface area contributed by atoms with E-state index in [1.54, 1.807) is 37.9 Å². The topological polar surface area (TPSA) is 156 Å². The average Bonchev–Trinajstić information content (AvgIpc) is 3.62. The van der Waals surface area contributed by atoms with Crippen molar-refractivity contribution in [3.8, 4) is 0 Å². The molecule has 1 aromatic carbocycles. The van der Waals surface area contributed by atoms with Crippen LogP contribution in [0, 0.1) is 23.7 Å². The van der Waals surface area contributed by atoms with E-state index in [9.17, 15) is 24.0 Å². The Morgan fingerprint density at radius 2 is 1.51 bits per heavy atom. The molecule has 0 aliphatic carbocycles.